The number of rotatable bonds is 6. The number of hydrogen-bond acceptors (Lipinski definition) is 5. The number of nitrogens with zero attached hydrogens (tertiary/aromatic N) is 2. The highest BCUT2D eigenvalue weighted by atomic mass is 32.1. The number of carbonyl (C=O) groups is 1. The molecule has 1 aliphatic rings. The number of thiophene rings is 1. The number of ether oxygens (including phenoxy) is 1. The number of ketones is 1. The molecule has 4 nitrogen and oxygen atoms in total. The van der Waals surface area contributed by atoms with Gasteiger partial charge in [-0.2, -0.15) is 13.2 Å². The maximum Gasteiger partial charge on any atom is 0.450 e. The minimum atomic E-state index is -4.80. The van der Waals surface area contributed by atoms with Gasteiger partial charge in [-0.3, -0.25) is 14.7 Å². The van der Waals surface area contributed by atoms with Gasteiger partial charge in [0.25, 0.3) is 0 Å². The molecule has 0 radical (unpaired) electrons. The first kappa shape index (κ1) is 18.1. The summed E-state index contributed by atoms with van der Waals surface area (Å²) >= 11 is 1.60. The van der Waals surface area contributed by atoms with Crippen LogP contribution in [0.5, 0.6) is 0 Å². The average Bonchev–Trinajstić information content (AvgIpc) is 3.01. The van der Waals surface area contributed by atoms with Crippen molar-refractivity contribution < 1.29 is 22.7 Å². The van der Waals surface area contributed by atoms with Crippen LogP contribution < -0.4 is 0 Å². The van der Waals surface area contributed by atoms with Crippen LogP contribution in [0.2, 0.25) is 0 Å². The topological polar surface area (TPSA) is 41.9 Å². The third-order valence-corrected chi connectivity index (χ3v) is 4.60. The Kier molecular flexibility index (Phi) is 6.32. The molecule has 1 atom stereocenters. The summed E-state index contributed by atoms with van der Waals surface area (Å²) in [7, 11) is 0. The van der Waals surface area contributed by atoms with E-state index < -0.39 is 18.4 Å². The fourth-order valence-electron chi connectivity index (χ4n) is 2.39. The number of aliphatic imine (C=N–C) groups is 1. The fourth-order valence-corrected chi connectivity index (χ4v) is 3.24. The van der Waals surface area contributed by atoms with Crippen LogP contribution in [0.4, 0.5) is 13.2 Å². The first-order valence-electron chi connectivity index (χ1n) is 7.33. The van der Waals surface area contributed by atoms with Crippen LogP contribution >= 0.6 is 11.3 Å². The summed E-state index contributed by atoms with van der Waals surface area (Å²) in [5, 5.41) is 1.96. The number of halogens is 3. The third-order valence-electron chi connectivity index (χ3n) is 3.62. The average molecular weight is 348 g/mol. The van der Waals surface area contributed by atoms with Crippen LogP contribution in [0, 0.1) is 0 Å². The van der Waals surface area contributed by atoms with Crippen LogP contribution in [0.25, 0.3) is 0 Å². The molecule has 128 valence electrons. The second-order valence-corrected chi connectivity index (χ2v) is 6.33. The quantitative estimate of drug-likeness (QED) is 0.742. The zero-order chi connectivity index (χ0) is 16.9. The van der Waals surface area contributed by atoms with Gasteiger partial charge in [0, 0.05) is 23.7 Å². The number of hydrogen-bond donors (Lipinski definition) is 0. The molecular weight excluding hydrogens is 329 g/mol. The molecule has 0 aromatic carbocycles. The molecule has 0 spiro atoms. The Hall–Kier alpha value is -1.25. The molecule has 1 fully saturated rings. The highest BCUT2D eigenvalue weighted by molar-refractivity contribution is 7.10. The molecule has 2 rings (SSSR count). The van der Waals surface area contributed by atoms with E-state index in [4.69, 9.17) is 4.74 Å². The van der Waals surface area contributed by atoms with Crippen LogP contribution in [0.15, 0.2) is 22.5 Å². The molecule has 0 aliphatic carbocycles. The summed E-state index contributed by atoms with van der Waals surface area (Å²) in [6.07, 6.45) is -5.47. The molecule has 8 heteroatoms. The van der Waals surface area contributed by atoms with E-state index in [1.807, 2.05) is 17.5 Å². The van der Waals surface area contributed by atoms with Crippen molar-refractivity contribution in [2.24, 2.45) is 4.99 Å². The Labute approximate surface area is 137 Å². The minimum absolute atomic E-state index is 0.00911. The normalized spacial score (nSPS) is 18.9. The minimum Gasteiger partial charge on any atom is -0.379 e. The van der Waals surface area contributed by atoms with Gasteiger partial charge in [-0.15, -0.1) is 11.3 Å². The largest absolute Gasteiger partial charge is 0.450 e. The summed E-state index contributed by atoms with van der Waals surface area (Å²) < 4.78 is 42.2. The summed E-state index contributed by atoms with van der Waals surface area (Å²) in [6, 6.07) is 3.95. The lowest BCUT2D eigenvalue weighted by Crippen LogP contribution is -2.40. The van der Waals surface area contributed by atoms with Crippen molar-refractivity contribution in [2.45, 2.75) is 25.6 Å². The molecule has 0 amide bonds. The van der Waals surface area contributed by atoms with Gasteiger partial charge in [-0.1, -0.05) is 6.07 Å². The van der Waals surface area contributed by atoms with Crippen molar-refractivity contribution in [3.8, 4) is 0 Å². The van der Waals surface area contributed by atoms with E-state index in [2.05, 4.69) is 9.89 Å². The van der Waals surface area contributed by atoms with Crippen molar-refractivity contribution in [1.29, 1.82) is 0 Å². The maximum atomic E-state index is 12.3. The predicted molar refractivity (Wildman–Crippen MR) is 83.1 cm³/mol. The smallest absolute Gasteiger partial charge is 0.379 e. The molecule has 2 heterocycles. The molecule has 1 aromatic rings. The van der Waals surface area contributed by atoms with E-state index >= 15 is 0 Å². The Balaban J connectivity index is 2.03. The van der Waals surface area contributed by atoms with Gasteiger partial charge in [0.05, 0.1) is 32.2 Å². The van der Waals surface area contributed by atoms with Gasteiger partial charge >= 0.3 is 6.18 Å². The highest BCUT2D eigenvalue weighted by Gasteiger charge is 2.38. The van der Waals surface area contributed by atoms with E-state index in [-0.39, 0.29) is 11.8 Å². The zero-order valence-corrected chi connectivity index (χ0v) is 13.6. The van der Waals surface area contributed by atoms with E-state index in [9.17, 15) is 18.0 Å². The van der Waals surface area contributed by atoms with E-state index in [0.717, 1.165) is 18.0 Å². The molecule has 0 N–H and O–H groups in total. The number of morpholine rings is 1. The molecule has 23 heavy (non-hydrogen) atoms. The van der Waals surface area contributed by atoms with E-state index in [0.29, 0.717) is 19.8 Å². The molecule has 1 aliphatic heterocycles. The SMILES string of the molecule is CC(CC(=O)C(F)(F)F)=NC[C@@H](c1cccs1)N1CCOCC1. The van der Waals surface area contributed by atoms with Crippen LogP contribution in [-0.4, -0.2) is 55.4 Å². The Morgan fingerprint density at radius 3 is 2.70 bits per heavy atom. The molecule has 1 aromatic heterocycles. The summed E-state index contributed by atoms with van der Waals surface area (Å²) in [5.41, 5.74) is 0.210. The second-order valence-electron chi connectivity index (χ2n) is 5.35. The lowest BCUT2D eigenvalue weighted by Gasteiger charge is -2.33. The summed E-state index contributed by atoms with van der Waals surface area (Å²) in [4.78, 5) is 18.6. The fraction of sp³-hybridized carbons (Fsp3) is 0.600. The second kappa shape index (κ2) is 8.03. The Morgan fingerprint density at radius 1 is 1.43 bits per heavy atom. The van der Waals surface area contributed by atoms with Gasteiger partial charge in [0.1, 0.15) is 0 Å². The number of carbonyl (C=O) groups excluding carboxylic acids is 1. The molecular formula is C15H19F3N2O2S. The third kappa shape index (κ3) is 5.40. The van der Waals surface area contributed by atoms with Gasteiger partial charge in [0.2, 0.25) is 5.78 Å². The van der Waals surface area contributed by atoms with Crippen molar-refractivity contribution in [3.63, 3.8) is 0 Å². The van der Waals surface area contributed by atoms with Crippen LogP contribution in [0.1, 0.15) is 24.3 Å². The molecule has 0 unspecified atom stereocenters. The molecule has 0 saturated carbocycles. The number of alkyl halides is 3. The Morgan fingerprint density at radius 2 is 2.13 bits per heavy atom. The standard InChI is InChI=1S/C15H19F3N2O2S/c1-11(9-14(21)15(16,17)18)19-10-12(13-3-2-8-23-13)20-4-6-22-7-5-20/h2-3,8,12H,4-7,9-10H2,1H3/t12-/m0/s1. The zero-order valence-electron chi connectivity index (χ0n) is 12.8. The van der Waals surface area contributed by atoms with Gasteiger partial charge < -0.3 is 4.74 Å². The summed E-state index contributed by atoms with van der Waals surface area (Å²) in [5.74, 6) is -1.75. The van der Waals surface area contributed by atoms with Gasteiger partial charge in [-0.25, -0.2) is 0 Å². The van der Waals surface area contributed by atoms with Crippen molar-refractivity contribution in [3.05, 3.63) is 22.4 Å². The van der Waals surface area contributed by atoms with Crippen LogP contribution in [-0.2, 0) is 9.53 Å². The lowest BCUT2D eigenvalue weighted by atomic mass is 10.1. The molecule has 1 saturated heterocycles. The van der Waals surface area contributed by atoms with Crippen LogP contribution in [0.3, 0.4) is 0 Å². The molecule has 0 bridgehead atoms. The van der Waals surface area contributed by atoms with E-state index in [1.54, 1.807) is 11.3 Å². The Bertz CT molecular complexity index is 537. The predicted octanol–water partition coefficient (Wildman–Crippen LogP) is 3.10. The summed E-state index contributed by atoms with van der Waals surface area (Å²) in [6.45, 7) is 4.61. The van der Waals surface area contributed by atoms with Gasteiger partial charge in [0.15, 0.2) is 0 Å². The van der Waals surface area contributed by atoms with Gasteiger partial charge in [-0.05, 0) is 18.4 Å². The van der Waals surface area contributed by atoms with Crippen molar-refractivity contribution in [1.82, 2.24) is 4.90 Å². The first-order valence-corrected chi connectivity index (χ1v) is 8.21. The number of Topliss-reactive ketones (excluding diaryl/α,β-unsaturated/α-hetero) is 1. The first-order chi connectivity index (χ1) is 10.9. The monoisotopic (exact) mass is 348 g/mol. The lowest BCUT2D eigenvalue weighted by molar-refractivity contribution is -0.169. The highest BCUT2D eigenvalue weighted by Crippen LogP contribution is 2.26. The maximum absolute atomic E-state index is 12.3. The van der Waals surface area contributed by atoms with Crippen molar-refractivity contribution in [2.75, 3.05) is 32.8 Å². The van der Waals surface area contributed by atoms with E-state index in [1.165, 1.54) is 6.92 Å². The van der Waals surface area contributed by atoms with Crippen molar-refractivity contribution >= 4 is 22.8 Å².